The van der Waals surface area contributed by atoms with Crippen molar-refractivity contribution in [1.82, 2.24) is 5.32 Å². The van der Waals surface area contributed by atoms with Crippen LogP contribution in [0.3, 0.4) is 0 Å². The van der Waals surface area contributed by atoms with Gasteiger partial charge in [0, 0.05) is 17.2 Å². The fourth-order valence-electron chi connectivity index (χ4n) is 1.33. The van der Waals surface area contributed by atoms with Gasteiger partial charge in [-0.15, -0.1) is 11.8 Å². The van der Waals surface area contributed by atoms with E-state index in [0.717, 1.165) is 12.3 Å². The van der Waals surface area contributed by atoms with Crippen LogP contribution in [0.25, 0.3) is 0 Å². The highest BCUT2D eigenvalue weighted by molar-refractivity contribution is 7.99. The van der Waals surface area contributed by atoms with Crippen molar-refractivity contribution < 1.29 is 9.84 Å². The van der Waals surface area contributed by atoms with Gasteiger partial charge in [-0.2, -0.15) is 0 Å². The second-order valence-corrected chi connectivity index (χ2v) is 4.53. The van der Waals surface area contributed by atoms with Crippen molar-refractivity contribution >= 4 is 11.8 Å². The molecule has 0 aliphatic heterocycles. The van der Waals surface area contributed by atoms with Crippen LogP contribution < -0.4 is 5.32 Å². The van der Waals surface area contributed by atoms with Gasteiger partial charge in [0.1, 0.15) is 0 Å². The molecular weight excluding hydrogens is 222 g/mol. The smallest absolute Gasteiger partial charge is 0.0698 e. The van der Waals surface area contributed by atoms with E-state index in [-0.39, 0.29) is 6.61 Å². The van der Waals surface area contributed by atoms with Gasteiger partial charge in [0.2, 0.25) is 0 Å². The zero-order valence-corrected chi connectivity index (χ0v) is 10.4. The lowest BCUT2D eigenvalue weighted by atomic mass is 10.2. The van der Waals surface area contributed by atoms with Gasteiger partial charge in [0.15, 0.2) is 0 Å². The molecule has 0 radical (unpaired) electrons. The second-order valence-electron chi connectivity index (χ2n) is 3.36. The van der Waals surface area contributed by atoms with Crippen LogP contribution in [0.4, 0.5) is 0 Å². The molecule has 0 aromatic heterocycles. The second kappa shape index (κ2) is 8.58. The van der Waals surface area contributed by atoms with Crippen molar-refractivity contribution in [3.05, 3.63) is 29.8 Å². The van der Waals surface area contributed by atoms with Crippen molar-refractivity contribution in [3.8, 4) is 0 Å². The first-order chi connectivity index (χ1) is 7.86. The lowest BCUT2D eigenvalue weighted by Crippen LogP contribution is -2.05. The van der Waals surface area contributed by atoms with E-state index in [2.05, 4.69) is 29.6 Å². The molecule has 0 bridgehead atoms. The third-order valence-electron chi connectivity index (χ3n) is 2.01. The van der Waals surface area contributed by atoms with Gasteiger partial charge in [0.25, 0.3) is 0 Å². The zero-order valence-electron chi connectivity index (χ0n) is 9.61. The summed E-state index contributed by atoms with van der Waals surface area (Å²) in [4.78, 5) is 1.26. The third kappa shape index (κ3) is 5.51. The zero-order chi connectivity index (χ0) is 11.6. The van der Waals surface area contributed by atoms with Crippen molar-refractivity contribution in [1.29, 1.82) is 0 Å². The molecule has 1 aromatic rings. The number of nitrogens with one attached hydrogen (secondary N) is 1. The molecule has 1 aromatic carbocycles. The van der Waals surface area contributed by atoms with E-state index >= 15 is 0 Å². The molecule has 0 fully saturated rings. The SMILES string of the molecule is CNCc1cccc(SCCOCCO)c1. The molecule has 0 unspecified atom stereocenters. The van der Waals surface area contributed by atoms with Crippen molar-refractivity contribution in [2.45, 2.75) is 11.4 Å². The molecule has 0 aliphatic rings. The Balaban J connectivity index is 2.27. The quantitative estimate of drug-likeness (QED) is 0.535. The van der Waals surface area contributed by atoms with Crippen LogP contribution in [0, 0.1) is 0 Å². The summed E-state index contributed by atoms with van der Waals surface area (Å²) >= 11 is 1.78. The van der Waals surface area contributed by atoms with E-state index in [1.165, 1.54) is 10.5 Å². The third-order valence-corrected chi connectivity index (χ3v) is 2.97. The summed E-state index contributed by atoms with van der Waals surface area (Å²) in [7, 11) is 1.95. The normalized spacial score (nSPS) is 10.6. The summed E-state index contributed by atoms with van der Waals surface area (Å²) in [6.07, 6.45) is 0. The molecule has 3 nitrogen and oxygen atoms in total. The minimum absolute atomic E-state index is 0.0995. The largest absolute Gasteiger partial charge is 0.394 e. The van der Waals surface area contributed by atoms with Gasteiger partial charge in [-0.1, -0.05) is 12.1 Å². The molecule has 0 heterocycles. The molecule has 0 atom stereocenters. The fraction of sp³-hybridized carbons (Fsp3) is 0.500. The Morgan fingerprint density at radius 2 is 2.25 bits per heavy atom. The van der Waals surface area contributed by atoms with E-state index in [0.29, 0.717) is 13.2 Å². The van der Waals surface area contributed by atoms with Gasteiger partial charge in [-0.3, -0.25) is 0 Å². The molecule has 1 rings (SSSR count). The maximum atomic E-state index is 8.54. The van der Waals surface area contributed by atoms with Gasteiger partial charge < -0.3 is 15.2 Å². The standard InChI is InChI=1S/C12H19NO2S/c1-13-10-11-3-2-4-12(9-11)16-8-7-15-6-5-14/h2-4,9,13-14H,5-8,10H2,1H3. The molecule has 0 aliphatic carbocycles. The monoisotopic (exact) mass is 241 g/mol. The summed E-state index contributed by atoms with van der Waals surface area (Å²) in [5, 5.41) is 11.7. The summed E-state index contributed by atoms with van der Waals surface area (Å²) in [6, 6.07) is 8.48. The van der Waals surface area contributed by atoms with Gasteiger partial charge in [0.05, 0.1) is 19.8 Å². The summed E-state index contributed by atoms with van der Waals surface area (Å²) in [5.41, 5.74) is 1.30. The average molecular weight is 241 g/mol. The molecule has 0 amide bonds. The number of ether oxygens (including phenoxy) is 1. The highest BCUT2D eigenvalue weighted by Crippen LogP contribution is 2.18. The van der Waals surface area contributed by atoms with Crippen LogP contribution >= 0.6 is 11.8 Å². The van der Waals surface area contributed by atoms with Crippen LogP contribution in [0.2, 0.25) is 0 Å². The molecule has 0 saturated carbocycles. The number of thioether (sulfide) groups is 1. The Hall–Kier alpha value is -0.550. The van der Waals surface area contributed by atoms with Crippen LogP contribution in [0.1, 0.15) is 5.56 Å². The highest BCUT2D eigenvalue weighted by atomic mass is 32.2. The Kier molecular flexibility index (Phi) is 7.25. The predicted molar refractivity (Wildman–Crippen MR) is 67.8 cm³/mol. The number of hydrogen-bond acceptors (Lipinski definition) is 4. The lowest BCUT2D eigenvalue weighted by Gasteiger charge is -2.05. The van der Waals surface area contributed by atoms with E-state index in [1.54, 1.807) is 11.8 Å². The molecule has 16 heavy (non-hydrogen) atoms. The summed E-state index contributed by atoms with van der Waals surface area (Å²) < 4.78 is 5.20. The molecule has 0 saturated heterocycles. The van der Waals surface area contributed by atoms with E-state index in [9.17, 15) is 0 Å². The Bertz CT molecular complexity index is 294. The van der Waals surface area contributed by atoms with E-state index < -0.39 is 0 Å². The predicted octanol–water partition coefficient (Wildman–Crippen LogP) is 1.51. The number of rotatable bonds is 8. The Morgan fingerprint density at radius 1 is 1.38 bits per heavy atom. The molecular formula is C12H19NO2S. The van der Waals surface area contributed by atoms with Crippen LogP contribution in [-0.4, -0.2) is 37.7 Å². The van der Waals surface area contributed by atoms with Crippen molar-refractivity contribution in [2.75, 3.05) is 32.6 Å². The molecule has 90 valence electrons. The van der Waals surface area contributed by atoms with E-state index in [4.69, 9.17) is 9.84 Å². The lowest BCUT2D eigenvalue weighted by molar-refractivity contribution is 0.103. The Labute approximate surface area is 101 Å². The van der Waals surface area contributed by atoms with Gasteiger partial charge in [-0.05, 0) is 24.7 Å². The first-order valence-corrected chi connectivity index (χ1v) is 6.40. The van der Waals surface area contributed by atoms with Crippen LogP contribution in [0.5, 0.6) is 0 Å². The van der Waals surface area contributed by atoms with Gasteiger partial charge >= 0.3 is 0 Å². The van der Waals surface area contributed by atoms with Gasteiger partial charge in [-0.25, -0.2) is 0 Å². The maximum Gasteiger partial charge on any atom is 0.0698 e. The minimum atomic E-state index is 0.0995. The number of aliphatic hydroxyl groups excluding tert-OH is 1. The Morgan fingerprint density at radius 3 is 3.00 bits per heavy atom. The number of benzene rings is 1. The highest BCUT2D eigenvalue weighted by Gasteiger charge is 1.96. The topological polar surface area (TPSA) is 41.5 Å². The average Bonchev–Trinajstić information content (AvgIpc) is 2.30. The molecule has 0 spiro atoms. The first kappa shape index (κ1) is 13.5. The fourth-order valence-corrected chi connectivity index (χ4v) is 2.18. The first-order valence-electron chi connectivity index (χ1n) is 5.41. The molecule has 2 N–H and O–H groups in total. The summed E-state index contributed by atoms with van der Waals surface area (Å²) in [5.74, 6) is 0.920. The van der Waals surface area contributed by atoms with Crippen molar-refractivity contribution in [3.63, 3.8) is 0 Å². The van der Waals surface area contributed by atoms with E-state index in [1.807, 2.05) is 7.05 Å². The van der Waals surface area contributed by atoms with Crippen LogP contribution in [-0.2, 0) is 11.3 Å². The van der Waals surface area contributed by atoms with Crippen molar-refractivity contribution in [2.24, 2.45) is 0 Å². The molecule has 4 heteroatoms. The van der Waals surface area contributed by atoms with Crippen LogP contribution in [0.15, 0.2) is 29.2 Å². The minimum Gasteiger partial charge on any atom is -0.394 e. The number of aliphatic hydroxyl groups is 1. The summed E-state index contributed by atoms with van der Waals surface area (Å²) in [6.45, 7) is 2.11. The number of hydrogen-bond donors (Lipinski definition) is 2. The maximum absolute atomic E-state index is 8.54.